The largest absolute Gasteiger partial charge is 0.147 e. The van der Waals surface area contributed by atoms with Crippen LogP contribution in [0, 0.1) is 0 Å². The number of methoxy groups -OCH3 is 1. The second kappa shape index (κ2) is 11.4. The van der Waals surface area contributed by atoms with E-state index in [4.69, 9.17) is 4.74 Å². The summed E-state index contributed by atoms with van der Waals surface area (Å²) >= 11 is 2.08. The summed E-state index contributed by atoms with van der Waals surface area (Å²) in [7, 11) is 1.77. The first-order valence-electron chi connectivity index (χ1n) is 9.45. The molecule has 1 aliphatic rings. The topological polar surface area (TPSA) is 21.3 Å². The molecule has 5 heteroatoms. The van der Waals surface area contributed by atoms with Crippen molar-refractivity contribution < 1.29 is 4.74 Å². The molecule has 0 amide bonds. The molecule has 3 rings (SSSR count). The maximum Gasteiger partial charge on any atom is -0.147 e. The molecular weight excluding hydrogens is 437 g/mol. The Kier molecular flexibility index (Phi) is 9.59. The number of nitrogens with one attached hydrogen (secondary N) is 1. The molecule has 1 fully saturated rings. The van der Waals surface area contributed by atoms with Crippen LogP contribution in [0.3, 0.4) is 0 Å². The Morgan fingerprint density at radius 3 is 2.30 bits per heavy atom. The summed E-state index contributed by atoms with van der Waals surface area (Å²) in [5, 5.41) is 3.78. The van der Waals surface area contributed by atoms with Gasteiger partial charge >= 0.3 is 147 Å². The Morgan fingerprint density at radius 2 is 1.70 bits per heavy atom. The summed E-state index contributed by atoms with van der Waals surface area (Å²) in [6, 6.07) is 16.0. The minimum atomic E-state index is 0. The molecule has 0 aromatic heterocycles. The fourth-order valence-corrected chi connectivity index (χ4v) is 6.04. The van der Waals surface area contributed by atoms with Crippen molar-refractivity contribution in [3.63, 3.8) is 0 Å². The smallest absolute Gasteiger partial charge is 0.147 e. The van der Waals surface area contributed by atoms with E-state index in [1.807, 2.05) is 0 Å². The molecule has 27 heavy (non-hydrogen) atoms. The molecular formula is C22H31AsClNOS. The number of hydrogen-bond donors (Lipinski definition) is 1. The number of halogens is 1. The van der Waals surface area contributed by atoms with E-state index < -0.39 is 0 Å². The molecule has 0 bridgehead atoms. The number of hydrogen-bond acceptors (Lipinski definition) is 3. The van der Waals surface area contributed by atoms with Crippen molar-refractivity contribution in [2.45, 2.75) is 53.6 Å². The molecule has 0 saturated heterocycles. The maximum absolute atomic E-state index is 5.61. The number of benzene rings is 2. The van der Waals surface area contributed by atoms with Gasteiger partial charge in [0.1, 0.15) is 0 Å². The van der Waals surface area contributed by atoms with Crippen molar-refractivity contribution in [1.82, 2.24) is 5.32 Å². The Labute approximate surface area is 181 Å². The summed E-state index contributed by atoms with van der Waals surface area (Å²) < 4.78 is 6.67. The first kappa shape index (κ1) is 22.7. The third kappa shape index (κ3) is 6.19. The number of thioether (sulfide) groups is 1. The Morgan fingerprint density at radius 1 is 1.04 bits per heavy atom. The Bertz CT molecular complexity index is 702. The van der Waals surface area contributed by atoms with Crippen molar-refractivity contribution in [2.75, 3.05) is 13.4 Å². The van der Waals surface area contributed by atoms with Gasteiger partial charge in [0.15, 0.2) is 0 Å². The summed E-state index contributed by atoms with van der Waals surface area (Å²) in [6.07, 6.45) is 7.63. The molecule has 0 aliphatic heterocycles. The zero-order valence-electron chi connectivity index (χ0n) is 16.5. The van der Waals surface area contributed by atoms with Crippen molar-refractivity contribution in [3.05, 3.63) is 48.0 Å². The quantitative estimate of drug-likeness (QED) is 0.410. The minimum absolute atomic E-state index is 0. The van der Waals surface area contributed by atoms with E-state index in [0.717, 1.165) is 17.0 Å². The fourth-order valence-electron chi connectivity index (χ4n) is 3.72. The number of rotatable bonds is 7. The predicted octanol–water partition coefficient (Wildman–Crippen LogP) is 5.81. The van der Waals surface area contributed by atoms with Crippen molar-refractivity contribution in [3.8, 4) is 16.9 Å². The molecule has 0 heterocycles. The van der Waals surface area contributed by atoms with Crippen molar-refractivity contribution >= 4 is 39.9 Å². The molecule has 2 aromatic carbocycles. The van der Waals surface area contributed by atoms with Gasteiger partial charge in [0.05, 0.1) is 0 Å². The van der Waals surface area contributed by atoms with Crippen LogP contribution < -0.4 is 10.1 Å². The van der Waals surface area contributed by atoms with E-state index in [2.05, 4.69) is 59.7 Å². The summed E-state index contributed by atoms with van der Waals surface area (Å²) in [6.45, 7) is 0.887. The van der Waals surface area contributed by atoms with Crippen LogP contribution in [0.1, 0.15) is 31.2 Å². The van der Waals surface area contributed by atoms with E-state index in [9.17, 15) is 0 Å². The third-order valence-corrected chi connectivity index (χ3v) is 9.09. The number of ether oxygens (including phenoxy) is 1. The maximum atomic E-state index is 5.61. The van der Waals surface area contributed by atoms with E-state index in [1.54, 1.807) is 18.9 Å². The molecule has 2 nitrogen and oxygen atoms in total. The van der Waals surface area contributed by atoms with Crippen LogP contribution >= 0.6 is 24.2 Å². The van der Waals surface area contributed by atoms with Crippen molar-refractivity contribution in [2.24, 2.45) is 0 Å². The standard InChI is InChI=1S/C22H30AsNOS.ClH/c1-23-19-7-9-20(10-8-19)24-15-18-14-17(6-13-22(18)25-2)16-4-11-21(26-3)12-5-16;/h4-6,11-14,19-20,23-24H,7-10,15H2,1-3H3;1H. The van der Waals surface area contributed by atoms with Crippen LogP contribution in [0.2, 0.25) is 10.4 Å². The van der Waals surface area contributed by atoms with Gasteiger partial charge in [0.25, 0.3) is 0 Å². The van der Waals surface area contributed by atoms with E-state index in [-0.39, 0.29) is 12.4 Å². The van der Waals surface area contributed by atoms with Crippen LogP contribution in [0.15, 0.2) is 47.4 Å². The van der Waals surface area contributed by atoms with E-state index in [0.29, 0.717) is 21.8 Å². The van der Waals surface area contributed by atoms with Gasteiger partial charge in [0.2, 0.25) is 0 Å². The van der Waals surface area contributed by atoms with Crippen LogP contribution in [0.25, 0.3) is 11.1 Å². The van der Waals surface area contributed by atoms with Gasteiger partial charge in [-0.3, -0.25) is 0 Å². The second-order valence-corrected chi connectivity index (χ2v) is 10.8. The molecule has 1 N–H and O–H groups in total. The molecule has 148 valence electrons. The normalized spacial score (nSPS) is 19.8. The zero-order chi connectivity index (χ0) is 18.4. The zero-order valence-corrected chi connectivity index (χ0v) is 20.2. The van der Waals surface area contributed by atoms with Gasteiger partial charge in [0, 0.05) is 4.90 Å². The first-order valence-corrected chi connectivity index (χ1v) is 14.0. The fraction of sp³-hybridized carbons (Fsp3) is 0.455. The van der Waals surface area contributed by atoms with Gasteiger partial charge in [-0.15, -0.1) is 24.2 Å². The molecule has 0 spiro atoms. The van der Waals surface area contributed by atoms with Gasteiger partial charge in [-0.2, -0.15) is 0 Å². The van der Waals surface area contributed by atoms with Gasteiger partial charge < -0.3 is 0 Å². The first-order chi connectivity index (χ1) is 12.7. The summed E-state index contributed by atoms with van der Waals surface area (Å²) in [5.41, 5.74) is 6.22. The predicted molar refractivity (Wildman–Crippen MR) is 123 cm³/mol. The minimum Gasteiger partial charge on any atom is -0.147 e. The molecule has 1 aliphatic carbocycles. The molecule has 1 saturated carbocycles. The summed E-state index contributed by atoms with van der Waals surface area (Å²) in [5.74, 6) is 0.982. The third-order valence-electron chi connectivity index (χ3n) is 5.42. The van der Waals surface area contributed by atoms with Gasteiger partial charge in [-0.05, 0) is 6.26 Å². The Hall–Kier alpha value is -0.602. The SMILES string of the molecule is COc1ccc(-c2ccc(SC)cc2)cc1CNC1CCC([AsH]C)CC1.Cl. The van der Waals surface area contributed by atoms with Crippen LogP contribution in [-0.2, 0) is 6.54 Å². The van der Waals surface area contributed by atoms with Crippen LogP contribution in [0.5, 0.6) is 5.75 Å². The monoisotopic (exact) mass is 467 g/mol. The second-order valence-electron chi connectivity index (χ2n) is 6.97. The van der Waals surface area contributed by atoms with Crippen molar-refractivity contribution in [1.29, 1.82) is 0 Å². The molecule has 0 radical (unpaired) electrons. The van der Waals surface area contributed by atoms with E-state index >= 15 is 0 Å². The van der Waals surface area contributed by atoms with Crippen LogP contribution in [-0.4, -0.2) is 35.2 Å². The average Bonchev–Trinajstić information content (AvgIpc) is 2.72. The molecule has 2 aromatic rings. The van der Waals surface area contributed by atoms with Gasteiger partial charge in [-0.1, -0.05) is 0 Å². The average molecular weight is 468 g/mol. The van der Waals surface area contributed by atoms with Gasteiger partial charge in [-0.25, -0.2) is 0 Å². The molecule has 1 atom stereocenters. The summed E-state index contributed by atoms with van der Waals surface area (Å²) in [4.78, 5) is 1.30. The molecule has 1 unspecified atom stereocenters. The Balaban J connectivity index is 0.00000261. The van der Waals surface area contributed by atoms with Crippen LogP contribution in [0.4, 0.5) is 0 Å². The van der Waals surface area contributed by atoms with E-state index in [1.165, 1.54) is 47.3 Å².